The SMILES string of the molecule is Cc1ccc(S(=O)(=O)N2C=CC3=CC[C@H](C)C=C[C@@H]3C2)cc1. The molecule has 116 valence electrons. The average Bonchev–Trinajstić information content (AvgIpc) is 2.69. The van der Waals surface area contributed by atoms with E-state index in [1.807, 2.05) is 25.1 Å². The zero-order chi connectivity index (χ0) is 15.7. The Kier molecular flexibility index (Phi) is 3.96. The summed E-state index contributed by atoms with van der Waals surface area (Å²) in [5.74, 6) is 0.656. The smallest absolute Gasteiger partial charge is 0.263 e. The number of fused-ring (bicyclic) bond motifs is 1. The normalized spacial score (nSPS) is 24.6. The molecular formula is C18H21NO2S. The molecule has 0 amide bonds. The lowest BCUT2D eigenvalue weighted by Gasteiger charge is -2.29. The summed E-state index contributed by atoms with van der Waals surface area (Å²) in [5.41, 5.74) is 2.27. The van der Waals surface area contributed by atoms with Crippen LogP contribution in [0.4, 0.5) is 0 Å². The van der Waals surface area contributed by atoms with Gasteiger partial charge in [-0.05, 0) is 43.0 Å². The predicted molar refractivity (Wildman–Crippen MR) is 88.7 cm³/mol. The molecule has 3 rings (SSSR count). The largest absolute Gasteiger partial charge is 0.272 e. The van der Waals surface area contributed by atoms with Crippen molar-refractivity contribution < 1.29 is 8.42 Å². The number of hydrogen-bond acceptors (Lipinski definition) is 2. The monoisotopic (exact) mass is 315 g/mol. The lowest BCUT2D eigenvalue weighted by Crippen LogP contribution is -2.33. The maximum Gasteiger partial charge on any atom is 0.263 e. The molecule has 0 bridgehead atoms. The number of nitrogens with zero attached hydrogens (tertiary/aromatic N) is 1. The third-order valence-electron chi connectivity index (χ3n) is 4.26. The van der Waals surface area contributed by atoms with Crippen molar-refractivity contribution in [1.29, 1.82) is 0 Å². The van der Waals surface area contributed by atoms with E-state index in [1.165, 1.54) is 9.88 Å². The number of sulfonamides is 1. The molecule has 1 heterocycles. The molecule has 3 nitrogen and oxygen atoms in total. The molecule has 1 aromatic carbocycles. The van der Waals surface area contributed by atoms with E-state index in [2.05, 4.69) is 25.2 Å². The number of rotatable bonds is 2. The van der Waals surface area contributed by atoms with E-state index in [-0.39, 0.29) is 5.92 Å². The molecule has 0 unspecified atom stereocenters. The summed E-state index contributed by atoms with van der Waals surface area (Å²) in [6, 6.07) is 7.02. The van der Waals surface area contributed by atoms with E-state index >= 15 is 0 Å². The second-order valence-electron chi connectivity index (χ2n) is 6.11. The molecule has 4 heteroatoms. The van der Waals surface area contributed by atoms with Crippen molar-refractivity contribution >= 4 is 10.0 Å². The molecule has 1 aromatic rings. The van der Waals surface area contributed by atoms with Crippen molar-refractivity contribution in [1.82, 2.24) is 4.31 Å². The van der Waals surface area contributed by atoms with Gasteiger partial charge in [-0.2, -0.15) is 0 Å². The van der Waals surface area contributed by atoms with Gasteiger partial charge in [-0.1, -0.05) is 42.8 Å². The van der Waals surface area contributed by atoms with E-state index in [9.17, 15) is 8.42 Å². The summed E-state index contributed by atoms with van der Waals surface area (Å²) < 4.78 is 27.0. The minimum Gasteiger partial charge on any atom is -0.272 e. The first-order chi connectivity index (χ1) is 10.5. The van der Waals surface area contributed by atoms with Gasteiger partial charge in [0.05, 0.1) is 4.90 Å². The van der Waals surface area contributed by atoms with Gasteiger partial charge in [-0.15, -0.1) is 0 Å². The van der Waals surface area contributed by atoms with Gasteiger partial charge in [0, 0.05) is 18.7 Å². The molecule has 1 aliphatic heterocycles. The summed E-state index contributed by atoms with van der Waals surface area (Å²) in [6.07, 6.45) is 11.2. The Labute approximate surface area is 132 Å². The van der Waals surface area contributed by atoms with Crippen LogP contribution in [-0.2, 0) is 10.0 Å². The second-order valence-corrected chi connectivity index (χ2v) is 8.00. The molecule has 0 saturated carbocycles. The quantitative estimate of drug-likeness (QED) is 0.781. The summed E-state index contributed by atoms with van der Waals surface area (Å²) >= 11 is 0. The van der Waals surface area contributed by atoms with Crippen molar-refractivity contribution in [3.05, 3.63) is 65.9 Å². The molecule has 0 saturated heterocycles. The highest BCUT2D eigenvalue weighted by atomic mass is 32.2. The van der Waals surface area contributed by atoms with Crippen LogP contribution in [0.1, 0.15) is 18.9 Å². The molecule has 2 aliphatic rings. The highest BCUT2D eigenvalue weighted by Crippen LogP contribution is 2.29. The van der Waals surface area contributed by atoms with Crippen LogP contribution in [0.3, 0.4) is 0 Å². The van der Waals surface area contributed by atoms with Crippen LogP contribution >= 0.6 is 0 Å². The van der Waals surface area contributed by atoms with Crippen molar-refractivity contribution in [3.8, 4) is 0 Å². The molecule has 0 fully saturated rings. The first-order valence-electron chi connectivity index (χ1n) is 7.62. The Morgan fingerprint density at radius 3 is 2.59 bits per heavy atom. The Morgan fingerprint density at radius 1 is 1.14 bits per heavy atom. The van der Waals surface area contributed by atoms with E-state index in [1.54, 1.807) is 18.3 Å². The Hall–Kier alpha value is -1.81. The first kappa shape index (κ1) is 15.1. The predicted octanol–water partition coefficient (Wildman–Crippen LogP) is 3.65. The molecule has 0 spiro atoms. The zero-order valence-corrected chi connectivity index (χ0v) is 13.8. The van der Waals surface area contributed by atoms with Crippen LogP contribution in [0.15, 0.2) is 65.2 Å². The number of aryl methyl sites for hydroxylation is 1. The van der Waals surface area contributed by atoms with Crippen LogP contribution in [0, 0.1) is 18.8 Å². The van der Waals surface area contributed by atoms with Gasteiger partial charge >= 0.3 is 0 Å². The van der Waals surface area contributed by atoms with Gasteiger partial charge < -0.3 is 0 Å². The Morgan fingerprint density at radius 2 is 1.86 bits per heavy atom. The number of allylic oxidation sites excluding steroid dienone is 3. The molecule has 2 atom stereocenters. The lowest BCUT2D eigenvalue weighted by molar-refractivity contribution is 0.462. The van der Waals surface area contributed by atoms with Gasteiger partial charge in [-0.3, -0.25) is 4.31 Å². The highest BCUT2D eigenvalue weighted by Gasteiger charge is 2.28. The molecule has 1 aliphatic carbocycles. The van der Waals surface area contributed by atoms with Crippen LogP contribution in [0.25, 0.3) is 0 Å². The molecule has 0 radical (unpaired) electrons. The van der Waals surface area contributed by atoms with Crippen LogP contribution < -0.4 is 0 Å². The maximum atomic E-state index is 12.8. The van der Waals surface area contributed by atoms with Gasteiger partial charge in [0.15, 0.2) is 0 Å². The fourth-order valence-corrected chi connectivity index (χ4v) is 4.12. The standard InChI is InChI=1S/C18H21NO2S/c1-14-3-7-16-11-12-19(13-17(16)8-4-14)22(20,21)18-9-5-15(2)6-10-18/h4-12,14,17H,3,13H2,1-2H3/t14-,17+/m0/s1. The summed E-state index contributed by atoms with van der Waals surface area (Å²) in [7, 11) is -3.47. The molecular weight excluding hydrogens is 294 g/mol. The minimum atomic E-state index is -3.47. The van der Waals surface area contributed by atoms with Crippen LogP contribution in [0.5, 0.6) is 0 Å². The summed E-state index contributed by atoms with van der Waals surface area (Å²) in [5, 5.41) is 0. The van der Waals surface area contributed by atoms with Gasteiger partial charge in [0.2, 0.25) is 0 Å². The summed E-state index contributed by atoms with van der Waals surface area (Å²) in [6.45, 7) is 4.60. The Balaban J connectivity index is 1.90. The van der Waals surface area contributed by atoms with E-state index in [0.29, 0.717) is 17.4 Å². The van der Waals surface area contributed by atoms with E-state index in [4.69, 9.17) is 0 Å². The third-order valence-corrected chi connectivity index (χ3v) is 6.02. The average molecular weight is 315 g/mol. The molecule has 0 aromatic heterocycles. The molecule has 0 N–H and O–H groups in total. The highest BCUT2D eigenvalue weighted by molar-refractivity contribution is 7.89. The van der Waals surface area contributed by atoms with E-state index in [0.717, 1.165) is 12.0 Å². The third kappa shape index (κ3) is 2.88. The van der Waals surface area contributed by atoms with Gasteiger partial charge in [0.1, 0.15) is 0 Å². The number of hydrogen-bond donors (Lipinski definition) is 0. The van der Waals surface area contributed by atoms with Crippen LogP contribution in [-0.4, -0.2) is 19.3 Å². The number of benzene rings is 1. The Bertz CT molecular complexity index is 742. The van der Waals surface area contributed by atoms with Gasteiger partial charge in [0.25, 0.3) is 10.0 Å². The fraction of sp³-hybridized carbons (Fsp3) is 0.333. The lowest BCUT2D eigenvalue weighted by atomic mass is 9.97. The zero-order valence-electron chi connectivity index (χ0n) is 12.9. The van der Waals surface area contributed by atoms with E-state index < -0.39 is 10.0 Å². The van der Waals surface area contributed by atoms with Gasteiger partial charge in [-0.25, -0.2) is 8.42 Å². The van der Waals surface area contributed by atoms with Crippen molar-refractivity contribution in [3.63, 3.8) is 0 Å². The topological polar surface area (TPSA) is 37.4 Å². The summed E-state index contributed by atoms with van der Waals surface area (Å²) in [4.78, 5) is 0.348. The minimum absolute atomic E-state index is 0.148. The second kappa shape index (κ2) is 5.76. The molecule has 22 heavy (non-hydrogen) atoms. The van der Waals surface area contributed by atoms with Crippen molar-refractivity contribution in [2.75, 3.05) is 6.54 Å². The van der Waals surface area contributed by atoms with Crippen molar-refractivity contribution in [2.24, 2.45) is 11.8 Å². The first-order valence-corrected chi connectivity index (χ1v) is 9.06. The fourth-order valence-electron chi connectivity index (χ4n) is 2.79. The maximum absolute atomic E-state index is 12.8. The van der Waals surface area contributed by atoms with Crippen LogP contribution in [0.2, 0.25) is 0 Å². The van der Waals surface area contributed by atoms with Crippen molar-refractivity contribution in [2.45, 2.75) is 25.2 Å².